The van der Waals surface area contributed by atoms with E-state index >= 15 is 0 Å². The van der Waals surface area contributed by atoms with Crippen LogP contribution in [0, 0.1) is 0 Å². The topological polar surface area (TPSA) is 69.7 Å². The Bertz CT molecular complexity index is 992. The van der Waals surface area contributed by atoms with E-state index in [9.17, 15) is 14.4 Å². The number of rotatable bonds is 3. The first-order valence-electron chi connectivity index (χ1n) is 9.13. The summed E-state index contributed by atoms with van der Waals surface area (Å²) in [6.07, 6.45) is 0.434. The summed E-state index contributed by atoms with van der Waals surface area (Å²) in [5, 5.41) is 3.51. The largest absolute Gasteiger partial charge is 0.346 e. The molecule has 0 radical (unpaired) electrons. The van der Waals surface area contributed by atoms with E-state index < -0.39 is 11.6 Å². The first-order valence-corrected chi connectivity index (χ1v) is 9.51. The molecule has 0 unspecified atom stereocenters. The van der Waals surface area contributed by atoms with Crippen molar-refractivity contribution in [2.45, 2.75) is 31.5 Å². The zero-order valence-corrected chi connectivity index (χ0v) is 16.4. The van der Waals surface area contributed by atoms with Crippen LogP contribution in [0.2, 0.25) is 5.02 Å². The van der Waals surface area contributed by atoms with Gasteiger partial charge < -0.3 is 10.2 Å². The summed E-state index contributed by atoms with van der Waals surface area (Å²) in [5.41, 5.74) is 0.296. The molecule has 1 fully saturated rings. The van der Waals surface area contributed by atoms with Crippen LogP contribution in [0.25, 0.3) is 0 Å². The average molecular weight is 398 g/mol. The molecule has 144 valence electrons. The molecule has 28 heavy (non-hydrogen) atoms. The summed E-state index contributed by atoms with van der Waals surface area (Å²) in [5.74, 6) is -0.842. The molecule has 2 heterocycles. The van der Waals surface area contributed by atoms with Crippen LogP contribution in [-0.4, -0.2) is 35.3 Å². The van der Waals surface area contributed by atoms with Crippen molar-refractivity contribution in [3.05, 3.63) is 64.7 Å². The minimum atomic E-state index is -1.38. The number of hydrogen-bond acceptors (Lipinski definition) is 3. The summed E-state index contributed by atoms with van der Waals surface area (Å²) >= 11 is 6.26. The highest BCUT2D eigenvalue weighted by atomic mass is 35.5. The fourth-order valence-electron chi connectivity index (χ4n) is 4.14. The molecular weight excluding hydrogens is 378 g/mol. The maximum absolute atomic E-state index is 13.5. The maximum Gasteiger partial charge on any atom is 0.267 e. The predicted molar refractivity (Wildman–Crippen MR) is 106 cm³/mol. The van der Waals surface area contributed by atoms with Crippen LogP contribution in [0.3, 0.4) is 0 Å². The van der Waals surface area contributed by atoms with Gasteiger partial charge in [-0.15, -0.1) is 0 Å². The second-order valence-corrected chi connectivity index (χ2v) is 7.55. The van der Waals surface area contributed by atoms with Crippen LogP contribution in [0.1, 0.15) is 41.7 Å². The van der Waals surface area contributed by atoms with Crippen LogP contribution in [0.15, 0.2) is 48.5 Å². The summed E-state index contributed by atoms with van der Waals surface area (Å²) in [7, 11) is 1.57. The van der Waals surface area contributed by atoms with E-state index in [1.807, 2.05) is 25.1 Å². The Morgan fingerprint density at radius 1 is 1.14 bits per heavy atom. The third-order valence-electron chi connectivity index (χ3n) is 5.62. The number of anilines is 1. The Kier molecular flexibility index (Phi) is 4.38. The normalized spacial score (nSPS) is 22.0. The highest BCUT2D eigenvalue weighted by Crippen LogP contribution is 2.44. The van der Waals surface area contributed by atoms with Crippen LogP contribution in [0.5, 0.6) is 0 Å². The van der Waals surface area contributed by atoms with Gasteiger partial charge in [0, 0.05) is 24.9 Å². The SMILES string of the molecule is C[C@@H](NC(=O)[C@@]12CCC(=O)N1c1ccccc1C(=O)N2C)c1ccccc1Cl. The molecule has 0 aliphatic carbocycles. The minimum Gasteiger partial charge on any atom is -0.346 e. The molecule has 0 bridgehead atoms. The van der Waals surface area contributed by atoms with E-state index in [4.69, 9.17) is 11.6 Å². The first-order chi connectivity index (χ1) is 13.4. The number of nitrogens with zero attached hydrogens (tertiary/aromatic N) is 2. The van der Waals surface area contributed by atoms with Gasteiger partial charge in [0.2, 0.25) is 11.6 Å². The van der Waals surface area contributed by atoms with Crippen LogP contribution in [-0.2, 0) is 9.59 Å². The lowest BCUT2D eigenvalue weighted by atomic mass is 9.95. The number of carbonyl (C=O) groups is 3. The van der Waals surface area contributed by atoms with E-state index in [-0.39, 0.29) is 30.7 Å². The maximum atomic E-state index is 13.5. The number of benzene rings is 2. The van der Waals surface area contributed by atoms with Gasteiger partial charge in [0.15, 0.2) is 0 Å². The number of fused-ring (bicyclic) bond motifs is 3. The lowest BCUT2D eigenvalue weighted by Crippen LogP contribution is -2.69. The first kappa shape index (κ1) is 18.5. The summed E-state index contributed by atoms with van der Waals surface area (Å²) < 4.78 is 0. The van der Waals surface area contributed by atoms with Crippen molar-refractivity contribution in [2.24, 2.45) is 0 Å². The number of carbonyl (C=O) groups excluding carboxylic acids is 3. The Balaban J connectivity index is 1.75. The highest BCUT2D eigenvalue weighted by Gasteiger charge is 2.59. The standard InChI is InChI=1S/C21H20ClN3O3/c1-13(14-7-3-5-9-16(14)22)23-20(28)21-12-11-18(26)25(21)17-10-6-4-8-15(17)19(27)24(21)2/h3-10,13H,11-12H2,1-2H3,(H,23,28)/t13-,21-/m1/s1. The minimum absolute atomic E-state index is 0.174. The molecule has 3 amide bonds. The number of halogens is 1. The Hall–Kier alpha value is -2.86. The van der Waals surface area contributed by atoms with Gasteiger partial charge in [0.1, 0.15) is 0 Å². The smallest absolute Gasteiger partial charge is 0.267 e. The van der Waals surface area contributed by atoms with E-state index in [0.29, 0.717) is 16.3 Å². The number of nitrogens with one attached hydrogen (secondary N) is 1. The van der Waals surface area contributed by atoms with Gasteiger partial charge in [-0.2, -0.15) is 0 Å². The van der Waals surface area contributed by atoms with Gasteiger partial charge in [0.25, 0.3) is 11.8 Å². The molecule has 2 aromatic carbocycles. The van der Waals surface area contributed by atoms with Crippen molar-refractivity contribution < 1.29 is 14.4 Å². The number of para-hydroxylation sites is 1. The second kappa shape index (κ2) is 6.63. The van der Waals surface area contributed by atoms with E-state index in [2.05, 4.69) is 5.32 Å². The van der Waals surface area contributed by atoms with Crippen LogP contribution >= 0.6 is 11.6 Å². The highest BCUT2D eigenvalue weighted by molar-refractivity contribution is 6.31. The molecule has 6 nitrogen and oxygen atoms in total. The summed E-state index contributed by atoms with van der Waals surface area (Å²) in [4.78, 5) is 42.0. The van der Waals surface area contributed by atoms with Gasteiger partial charge in [-0.3, -0.25) is 19.3 Å². The number of hydrogen-bond donors (Lipinski definition) is 1. The average Bonchev–Trinajstić information content (AvgIpc) is 3.05. The lowest BCUT2D eigenvalue weighted by Gasteiger charge is -2.47. The Morgan fingerprint density at radius 3 is 2.57 bits per heavy atom. The summed E-state index contributed by atoms with van der Waals surface area (Å²) in [6.45, 7) is 1.83. The van der Waals surface area contributed by atoms with Crippen molar-refractivity contribution in [1.82, 2.24) is 10.2 Å². The van der Waals surface area contributed by atoms with E-state index in [1.54, 1.807) is 37.4 Å². The molecule has 0 spiro atoms. The molecular formula is C21H20ClN3O3. The van der Waals surface area contributed by atoms with Crippen LogP contribution < -0.4 is 10.2 Å². The fraction of sp³-hybridized carbons (Fsp3) is 0.286. The van der Waals surface area contributed by atoms with Crippen molar-refractivity contribution in [1.29, 1.82) is 0 Å². The molecule has 2 aromatic rings. The number of amides is 3. The third-order valence-corrected chi connectivity index (χ3v) is 5.97. The van der Waals surface area contributed by atoms with Gasteiger partial charge >= 0.3 is 0 Å². The third kappa shape index (κ3) is 2.52. The zero-order chi connectivity index (χ0) is 20.1. The monoisotopic (exact) mass is 397 g/mol. The molecule has 4 rings (SSSR count). The molecule has 0 aromatic heterocycles. The predicted octanol–water partition coefficient (Wildman–Crippen LogP) is 3.13. The van der Waals surface area contributed by atoms with Crippen molar-refractivity contribution in [3.8, 4) is 0 Å². The molecule has 2 aliphatic heterocycles. The van der Waals surface area contributed by atoms with Gasteiger partial charge in [-0.25, -0.2) is 0 Å². The van der Waals surface area contributed by atoms with Gasteiger partial charge in [-0.1, -0.05) is 41.9 Å². The van der Waals surface area contributed by atoms with Crippen molar-refractivity contribution >= 4 is 35.0 Å². The molecule has 1 saturated heterocycles. The van der Waals surface area contributed by atoms with Gasteiger partial charge in [-0.05, 0) is 30.7 Å². The Labute approximate surface area is 168 Å². The van der Waals surface area contributed by atoms with Crippen molar-refractivity contribution in [2.75, 3.05) is 11.9 Å². The number of likely N-dealkylation sites (N-methyl/N-ethyl adjacent to an activating group) is 1. The molecule has 1 N–H and O–H groups in total. The van der Waals surface area contributed by atoms with Crippen LogP contribution in [0.4, 0.5) is 5.69 Å². The molecule has 2 atom stereocenters. The molecule has 7 heteroatoms. The lowest BCUT2D eigenvalue weighted by molar-refractivity contribution is -0.133. The summed E-state index contributed by atoms with van der Waals surface area (Å²) in [6, 6.07) is 13.8. The Morgan fingerprint density at radius 2 is 1.82 bits per heavy atom. The zero-order valence-electron chi connectivity index (χ0n) is 15.6. The molecule has 2 aliphatic rings. The van der Waals surface area contributed by atoms with E-state index in [1.165, 1.54) is 9.80 Å². The van der Waals surface area contributed by atoms with Gasteiger partial charge in [0.05, 0.1) is 17.3 Å². The second-order valence-electron chi connectivity index (χ2n) is 7.14. The quantitative estimate of drug-likeness (QED) is 0.865. The van der Waals surface area contributed by atoms with E-state index in [0.717, 1.165) is 5.56 Å². The fourth-order valence-corrected chi connectivity index (χ4v) is 4.44. The molecule has 0 saturated carbocycles. The van der Waals surface area contributed by atoms with Crippen molar-refractivity contribution in [3.63, 3.8) is 0 Å².